The fraction of sp³-hybridized carbons (Fsp3) is 0.105. The minimum Gasteiger partial charge on any atom is -0.461 e. The maximum Gasteiger partial charge on any atom is 0.226 e. The molecular weight excluding hydrogens is 367 g/mol. The number of benzene rings is 1. The van der Waals surface area contributed by atoms with Crippen LogP contribution in [0.15, 0.2) is 75.6 Å². The molecule has 4 aromatic rings. The Balaban J connectivity index is 1.52. The zero-order valence-electron chi connectivity index (χ0n) is 14.2. The Morgan fingerprint density at radius 1 is 1.19 bits per heavy atom. The minimum absolute atomic E-state index is 0.329. The van der Waals surface area contributed by atoms with Crippen LogP contribution < -0.4 is 0 Å². The van der Waals surface area contributed by atoms with E-state index in [1.165, 1.54) is 23.9 Å². The van der Waals surface area contributed by atoms with E-state index in [0.29, 0.717) is 35.3 Å². The fourth-order valence-corrected chi connectivity index (χ4v) is 3.37. The van der Waals surface area contributed by atoms with Crippen molar-refractivity contribution in [1.29, 1.82) is 0 Å². The molecule has 27 heavy (non-hydrogen) atoms. The predicted octanol–water partition coefficient (Wildman–Crippen LogP) is 4.81. The van der Waals surface area contributed by atoms with Crippen molar-refractivity contribution in [2.45, 2.75) is 17.5 Å². The van der Waals surface area contributed by atoms with Gasteiger partial charge in [-0.25, -0.2) is 9.37 Å². The van der Waals surface area contributed by atoms with Crippen LogP contribution in [-0.2, 0) is 12.3 Å². The number of rotatable bonds is 7. The number of oxazole rings is 1. The highest BCUT2D eigenvalue weighted by molar-refractivity contribution is 7.98. The number of thioether (sulfide) groups is 1. The molecule has 3 heterocycles. The van der Waals surface area contributed by atoms with E-state index in [1.54, 1.807) is 36.8 Å². The van der Waals surface area contributed by atoms with Crippen LogP contribution in [0.25, 0.3) is 23.0 Å². The van der Waals surface area contributed by atoms with Crippen LogP contribution in [0.4, 0.5) is 4.39 Å². The lowest BCUT2D eigenvalue weighted by molar-refractivity contribution is 0.569. The van der Waals surface area contributed by atoms with Gasteiger partial charge in [-0.05, 0) is 30.3 Å². The van der Waals surface area contributed by atoms with Gasteiger partial charge in [0.2, 0.25) is 11.7 Å². The van der Waals surface area contributed by atoms with Crippen molar-refractivity contribution in [3.05, 3.63) is 73.1 Å². The Labute approximate surface area is 158 Å². The van der Waals surface area contributed by atoms with Gasteiger partial charge in [0.15, 0.2) is 10.9 Å². The third-order valence-corrected chi connectivity index (χ3v) is 4.74. The molecule has 0 saturated carbocycles. The molecule has 0 bridgehead atoms. The molecule has 8 heteroatoms. The topological polar surface area (TPSA) is 69.9 Å². The number of halogens is 1. The predicted molar refractivity (Wildman–Crippen MR) is 99.4 cm³/mol. The van der Waals surface area contributed by atoms with Gasteiger partial charge in [-0.3, -0.25) is 4.57 Å². The van der Waals surface area contributed by atoms with Crippen molar-refractivity contribution in [2.24, 2.45) is 0 Å². The molecule has 0 spiro atoms. The molecule has 0 fully saturated rings. The van der Waals surface area contributed by atoms with Crippen molar-refractivity contribution in [1.82, 2.24) is 19.7 Å². The lowest BCUT2D eigenvalue weighted by Crippen LogP contribution is -2.00. The second kappa shape index (κ2) is 7.63. The molecule has 0 N–H and O–H groups in total. The van der Waals surface area contributed by atoms with Gasteiger partial charge < -0.3 is 8.83 Å². The van der Waals surface area contributed by atoms with E-state index in [0.717, 1.165) is 10.9 Å². The van der Waals surface area contributed by atoms with E-state index in [4.69, 9.17) is 8.83 Å². The van der Waals surface area contributed by atoms with Crippen LogP contribution in [0.2, 0.25) is 0 Å². The summed E-state index contributed by atoms with van der Waals surface area (Å²) in [6.07, 6.45) is 4.94. The standard InChI is InChI=1S/C19H15FN4O2S/c1-2-8-24-17(16-7-4-9-25-16)22-23-19(24)27-12-15-11-26-18(21-15)13-5-3-6-14(20)10-13/h2-7,9-11H,1,8,12H2. The summed E-state index contributed by atoms with van der Waals surface area (Å²) in [5.41, 5.74) is 1.33. The molecule has 136 valence electrons. The quantitative estimate of drug-likeness (QED) is 0.337. The lowest BCUT2D eigenvalue weighted by atomic mass is 10.2. The first kappa shape index (κ1) is 17.3. The summed E-state index contributed by atoms with van der Waals surface area (Å²) in [7, 11) is 0. The number of furan rings is 1. The summed E-state index contributed by atoms with van der Waals surface area (Å²) in [5, 5.41) is 9.18. The maximum atomic E-state index is 13.4. The highest BCUT2D eigenvalue weighted by Gasteiger charge is 2.16. The van der Waals surface area contributed by atoms with Crippen LogP contribution in [0.3, 0.4) is 0 Å². The van der Waals surface area contributed by atoms with Crippen molar-refractivity contribution in [3.8, 4) is 23.0 Å². The fourth-order valence-electron chi connectivity index (χ4n) is 2.54. The van der Waals surface area contributed by atoms with Gasteiger partial charge in [0.1, 0.15) is 12.1 Å². The Bertz CT molecular complexity index is 1060. The van der Waals surface area contributed by atoms with Crippen molar-refractivity contribution in [3.63, 3.8) is 0 Å². The third kappa shape index (κ3) is 3.70. The van der Waals surface area contributed by atoms with Crippen LogP contribution >= 0.6 is 11.8 Å². The zero-order valence-corrected chi connectivity index (χ0v) is 15.0. The Hall–Kier alpha value is -3.13. The van der Waals surface area contributed by atoms with Gasteiger partial charge >= 0.3 is 0 Å². The monoisotopic (exact) mass is 382 g/mol. The summed E-state index contributed by atoms with van der Waals surface area (Å²) in [5.74, 6) is 1.87. The second-order valence-electron chi connectivity index (χ2n) is 5.63. The van der Waals surface area contributed by atoms with E-state index < -0.39 is 0 Å². The van der Waals surface area contributed by atoms with Crippen LogP contribution in [0.5, 0.6) is 0 Å². The first-order valence-electron chi connectivity index (χ1n) is 8.15. The number of aromatic nitrogens is 4. The first-order chi connectivity index (χ1) is 13.2. The van der Waals surface area contributed by atoms with E-state index in [1.807, 2.05) is 10.6 Å². The van der Waals surface area contributed by atoms with E-state index >= 15 is 0 Å². The van der Waals surface area contributed by atoms with Gasteiger partial charge in [-0.2, -0.15) is 0 Å². The van der Waals surface area contributed by atoms with Gasteiger partial charge in [-0.1, -0.05) is 23.9 Å². The molecular formula is C19H15FN4O2S. The molecule has 3 aromatic heterocycles. The molecule has 0 aliphatic rings. The molecule has 0 unspecified atom stereocenters. The van der Waals surface area contributed by atoms with Crippen LogP contribution in [-0.4, -0.2) is 19.7 Å². The SMILES string of the molecule is C=CCn1c(SCc2coc(-c3cccc(F)c3)n2)nnc1-c1ccco1. The number of allylic oxidation sites excluding steroid dienone is 1. The summed E-state index contributed by atoms with van der Waals surface area (Å²) in [6.45, 7) is 4.34. The zero-order chi connectivity index (χ0) is 18.6. The summed E-state index contributed by atoms with van der Waals surface area (Å²) in [4.78, 5) is 4.42. The van der Waals surface area contributed by atoms with E-state index in [-0.39, 0.29) is 5.82 Å². The molecule has 4 rings (SSSR count). The molecule has 0 amide bonds. The highest BCUT2D eigenvalue weighted by Crippen LogP contribution is 2.27. The van der Waals surface area contributed by atoms with Crippen LogP contribution in [0, 0.1) is 5.82 Å². The Kier molecular flexibility index (Phi) is 4.88. The second-order valence-corrected chi connectivity index (χ2v) is 6.57. The van der Waals surface area contributed by atoms with Gasteiger partial charge in [0, 0.05) is 17.9 Å². The summed E-state index contributed by atoms with van der Waals surface area (Å²) < 4.78 is 26.2. The molecule has 1 aromatic carbocycles. The maximum absolute atomic E-state index is 13.4. The van der Waals surface area contributed by atoms with Crippen molar-refractivity contribution < 1.29 is 13.2 Å². The lowest BCUT2D eigenvalue weighted by Gasteiger charge is -2.05. The molecule has 0 aliphatic carbocycles. The largest absolute Gasteiger partial charge is 0.461 e. The summed E-state index contributed by atoms with van der Waals surface area (Å²) >= 11 is 1.47. The molecule has 0 aliphatic heterocycles. The van der Waals surface area contributed by atoms with E-state index in [9.17, 15) is 4.39 Å². The Morgan fingerprint density at radius 3 is 2.89 bits per heavy atom. The van der Waals surface area contributed by atoms with Gasteiger partial charge in [-0.15, -0.1) is 16.8 Å². The Morgan fingerprint density at radius 2 is 2.11 bits per heavy atom. The van der Waals surface area contributed by atoms with Gasteiger partial charge in [0.25, 0.3) is 0 Å². The van der Waals surface area contributed by atoms with Crippen molar-refractivity contribution in [2.75, 3.05) is 0 Å². The number of hydrogen-bond acceptors (Lipinski definition) is 6. The number of nitrogens with zero attached hydrogens (tertiary/aromatic N) is 4. The smallest absolute Gasteiger partial charge is 0.226 e. The number of hydrogen-bond donors (Lipinski definition) is 0. The van der Waals surface area contributed by atoms with Gasteiger partial charge in [0.05, 0.1) is 12.0 Å². The molecule has 0 radical (unpaired) electrons. The molecule has 6 nitrogen and oxygen atoms in total. The molecule has 0 atom stereocenters. The highest BCUT2D eigenvalue weighted by atomic mass is 32.2. The first-order valence-corrected chi connectivity index (χ1v) is 9.14. The summed E-state index contributed by atoms with van der Waals surface area (Å²) in [6, 6.07) is 9.78. The normalized spacial score (nSPS) is 11.0. The van der Waals surface area contributed by atoms with E-state index in [2.05, 4.69) is 21.8 Å². The third-order valence-electron chi connectivity index (χ3n) is 3.74. The average molecular weight is 382 g/mol. The van der Waals surface area contributed by atoms with Crippen LogP contribution in [0.1, 0.15) is 5.69 Å². The molecule has 0 saturated heterocycles. The average Bonchev–Trinajstić information content (AvgIpc) is 3.41. The van der Waals surface area contributed by atoms with Crippen molar-refractivity contribution >= 4 is 11.8 Å². The minimum atomic E-state index is -0.329.